The molecule has 1 unspecified atom stereocenters. The number of hydrogen-bond acceptors (Lipinski definition) is 3. The Morgan fingerprint density at radius 3 is 2.75 bits per heavy atom. The number of rotatable bonds is 4. The summed E-state index contributed by atoms with van der Waals surface area (Å²) in [5.41, 5.74) is 5.54. The fraction of sp³-hybridized carbons (Fsp3) is 1.00. The monoisotopic (exact) mass is 189 g/mol. The lowest BCUT2D eigenvalue weighted by atomic mass is 10.0. The highest BCUT2D eigenvalue weighted by atomic mass is 32.2. The first-order valence-electron chi connectivity index (χ1n) is 4.72. The first kappa shape index (κ1) is 10.4. The molecule has 1 aliphatic rings. The molecule has 1 atom stereocenters. The van der Waals surface area contributed by atoms with Gasteiger partial charge in [-0.3, -0.25) is 0 Å². The fourth-order valence-corrected chi connectivity index (χ4v) is 2.35. The van der Waals surface area contributed by atoms with Crippen molar-refractivity contribution < 1.29 is 4.74 Å². The van der Waals surface area contributed by atoms with Crippen molar-refractivity contribution in [2.75, 3.05) is 25.5 Å². The first-order chi connectivity index (χ1) is 5.83. The van der Waals surface area contributed by atoms with Crippen LogP contribution in [0.3, 0.4) is 0 Å². The van der Waals surface area contributed by atoms with Crippen molar-refractivity contribution in [3.63, 3.8) is 0 Å². The average molecular weight is 189 g/mol. The number of ether oxygens (including phenoxy) is 1. The van der Waals surface area contributed by atoms with E-state index in [1.807, 2.05) is 11.8 Å². The van der Waals surface area contributed by atoms with Crippen LogP contribution in [0, 0.1) is 5.92 Å². The van der Waals surface area contributed by atoms with Crippen LogP contribution in [-0.2, 0) is 4.74 Å². The minimum absolute atomic E-state index is 0.618. The topological polar surface area (TPSA) is 35.2 Å². The molecule has 0 bridgehead atoms. The Labute approximate surface area is 79.2 Å². The van der Waals surface area contributed by atoms with Crippen molar-refractivity contribution in [3.05, 3.63) is 0 Å². The summed E-state index contributed by atoms with van der Waals surface area (Å²) in [6.07, 6.45) is 2.48. The van der Waals surface area contributed by atoms with E-state index in [0.29, 0.717) is 5.25 Å². The third kappa shape index (κ3) is 3.78. The van der Waals surface area contributed by atoms with Gasteiger partial charge < -0.3 is 10.5 Å². The van der Waals surface area contributed by atoms with Crippen molar-refractivity contribution in [1.29, 1.82) is 0 Å². The Kier molecular flexibility index (Phi) is 5.04. The zero-order valence-electron chi connectivity index (χ0n) is 7.79. The van der Waals surface area contributed by atoms with Gasteiger partial charge in [0.05, 0.1) is 0 Å². The van der Waals surface area contributed by atoms with E-state index >= 15 is 0 Å². The molecule has 1 heterocycles. The predicted octanol–water partition coefficient (Wildman–Crippen LogP) is 1.49. The number of hydrogen-bond donors (Lipinski definition) is 1. The van der Waals surface area contributed by atoms with Gasteiger partial charge >= 0.3 is 0 Å². The molecule has 72 valence electrons. The highest BCUT2D eigenvalue weighted by Crippen LogP contribution is 2.21. The smallest absolute Gasteiger partial charge is 0.0468 e. The van der Waals surface area contributed by atoms with Crippen LogP contribution in [0.25, 0.3) is 0 Å². The Balaban J connectivity index is 2.05. The molecule has 0 aromatic rings. The summed E-state index contributed by atoms with van der Waals surface area (Å²) in [6, 6.07) is 0. The largest absolute Gasteiger partial charge is 0.381 e. The molecular formula is C9H19NOS. The Hall–Kier alpha value is 0.270. The van der Waals surface area contributed by atoms with Gasteiger partial charge in [-0.15, -0.1) is 0 Å². The second-order valence-corrected chi connectivity index (χ2v) is 4.91. The van der Waals surface area contributed by atoms with Crippen molar-refractivity contribution in [1.82, 2.24) is 0 Å². The summed E-state index contributed by atoms with van der Waals surface area (Å²) in [5, 5.41) is 0.618. The predicted molar refractivity (Wildman–Crippen MR) is 54.5 cm³/mol. The molecule has 1 saturated heterocycles. The van der Waals surface area contributed by atoms with E-state index in [1.165, 1.54) is 18.6 Å². The lowest BCUT2D eigenvalue weighted by Gasteiger charge is -2.22. The molecular weight excluding hydrogens is 170 g/mol. The summed E-state index contributed by atoms with van der Waals surface area (Å²) < 4.78 is 5.30. The van der Waals surface area contributed by atoms with Crippen LogP contribution >= 0.6 is 11.8 Å². The molecule has 0 aromatic carbocycles. The molecule has 0 radical (unpaired) electrons. The van der Waals surface area contributed by atoms with E-state index in [9.17, 15) is 0 Å². The quantitative estimate of drug-likeness (QED) is 0.728. The van der Waals surface area contributed by atoms with Crippen molar-refractivity contribution in [3.8, 4) is 0 Å². The van der Waals surface area contributed by atoms with E-state index in [4.69, 9.17) is 10.5 Å². The lowest BCUT2D eigenvalue weighted by Crippen LogP contribution is -2.20. The van der Waals surface area contributed by atoms with Crippen molar-refractivity contribution in [2.24, 2.45) is 11.7 Å². The van der Waals surface area contributed by atoms with Gasteiger partial charge in [-0.05, 0) is 24.5 Å². The van der Waals surface area contributed by atoms with E-state index in [1.54, 1.807) is 0 Å². The van der Waals surface area contributed by atoms with Gasteiger partial charge in [0.25, 0.3) is 0 Å². The molecule has 1 aliphatic heterocycles. The third-order valence-electron chi connectivity index (χ3n) is 2.29. The molecule has 0 aromatic heterocycles. The maximum atomic E-state index is 5.54. The van der Waals surface area contributed by atoms with Gasteiger partial charge in [0.1, 0.15) is 0 Å². The van der Waals surface area contributed by atoms with Gasteiger partial charge in [0.15, 0.2) is 0 Å². The molecule has 12 heavy (non-hydrogen) atoms. The van der Waals surface area contributed by atoms with Crippen molar-refractivity contribution in [2.45, 2.75) is 25.0 Å². The van der Waals surface area contributed by atoms with Crippen LogP contribution in [0.15, 0.2) is 0 Å². The van der Waals surface area contributed by atoms with Gasteiger partial charge in [-0.25, -0.2) is 0 Å². The molecule has 1 rings (SSSR count). The minimum atomic E-state index is 0.618. The molecule has 2 N–H and O–H groups in total. The zero-order chi connectivity index (χ0) is 8.81. The van der Waals surface area contributed by atoms with Crippen LogP contribution in [-0.4, -0.2) is 30.8 Å². The summed E-state index contributed by atoms with van der Waals surface area (Å²) in [5.74, 6) is 2.14. The van der Waals surface area contributed by atoms with Crippen LogP contribution in [0.2, 0.25) is 0 Å². The molecule has 0 amide bonds. The second-order valence-electron chi connectivity index (χ2n) is 3.44. The molecule has 0 spiro atoms. The summed E-state index contributed by atoms with van der Waals surface area (Å²) in [7, 11) is 0. The second kappa shape index (κ2) is 5.84. The molecule has 0 aliphatic carbocycles. The first-order valence-corrected chi connectivity index (χ1v) is 5.77. The summed E-state index contributed by atoms with van der Waals surface area (Å²) in [6.45, 7) is 4.92. The molecule has 0 saturated carbocycles. The van der Waals surface area contributed by atoms with Gasteiger partial charge in [0, 0.05) is 25.0 Å². The average Bonchev–Trinajstić information content (AvgIpc) is 2.16. The Bertz CT molecular complexity index is 115. The van der Waals surface area contributed by atoms with E-state index in [-0.39, 0.29) is 0 Å². The van der Waals surface area contributed by atoms with Gasteiger partial charge in [0.2, 0.25) is 0 Å². The molecule has 1 fully saturated rings. The SMILES string of the molecule is CC(CN)SCC1CCOCC1. The number of thioether (sulfide) groups is 1. The minimum Gasteiger partial charge on any atom is -0.381 e. The zero-order valence-corrected chi connectivity index (χ0v) is 8.61. The highest BCUT2D eigenvalue weighted by molar-refractivity contribution is 7.99. The molecule has 2 nitrogen and oxygen atoms in total. The van der Waals surface area contributed by atoms with E-state index in [2.05, 4.69) is 6.92 Å². The standard InChI is InChI=1S/C9H19NOS/c1-8(6-10)12-7-9-2-4-11-5-3-9/h8-9H,2-7,10H2,1H3. The Morgan fingerprint density at radius 2 is 2.17 bits per heavy atom. The van der Waals surface area contributed by atoms with E-state index in [0.717, 1.165) is 25.7 Å². The maximum absolute atomic E-state index is 5.54. The van der Waals surface area contributed by atoms with Crippen molar-refractivity contribution >= 4 is 11.8 Å². The normalized spacial score (nSPS) is 22.5. The van der Waals surface area contributed by atoms with Crippen LogP contribution < -0.4 is 5.73 Å². The Morgan fingerprint density at radius 1 is 1.50 bits per heavy atom. The third-order valence-corrected chi connectivity index (χ3v) is 3.71. The van der Waals surface area contributed by atoms with Gasteiger partial charge in [-0.1, -0.05) is 6.92 Å². The maximum Gasteiger partial charge on any atom is 0.0468 e. The summed E-state index contributed by atoms with van der Waals surface area (Å²) in [4.78, 5) is 0. The lowest BCUT2D eigenvalue weighted by molar-refractivity contribution is 0.0727. The van der Waals surface area contributed by atoms with Crippen LogP contribution in [0.1, 0.15) is 19.8 Å². The highest BCUT2D eigenvalue weighted by Gasteiger charge is 2.14. The van der Waals surface area contributed by atoms with Crippen LogP contribution in [0.4, 0.5) is 0 Å². The molecule has 3 heteroatoms. The van der Waals surface area contributed by atoms with Gasteiger partial charge in [-0.2, -0.15) is 11.8 Å². The van der Waals surface area contributed by atoms with E-state index < -0.39 is 0 Å². The number of nitrogens with two attached hydrogens (primary N) is 1. The summed E-state index contributed by atoms with van der Waals surface area (Å²) >= 11 is 2.00. The fourth-order valence-electron chi connectivity index (χ4n) is 1.28. The van der Waals surface area contributed by atoms with Crippen LogP contribution in [0.5, 0.6) is 0 Å².